The van der Waals surface area contributed by atoms with Crippen LogP contribution in [0, 0.1) is 5.92 Å². The van der Waals surface area contributed by atoms with Gasteiger partial charge in [0.2, 0.25) is 23.1 Å². The zero-order valence-corrected chi connectivity index (χ0v) is 24.5. The molecule has 1 unspecified atom stereocenters. The molecule has 1 saturated carbocycles. The third kappa shape index (κ3) is 7.04. The number of amides is 2. The molecule has 2 heterocycles. The van der Waals surface area contributed by atoms with Crippen molar-refractivity contribution in [2.75, 3.05) is 36.1 Å². The Labute approximate surface area is 247 Å². The summed E-state index contributed by atoms with van der Waals surface area (Å²) < 4.78 is 68.3. The summed E-state index contributed by atoms with van der Waals surface area (Å²) in [7, 11) is 1.36. The van der Waals surface area contributed by atoms with Crippen LogP contribution in [0.2, 0.25) is 5.02 Å². The molecular formula is C25H31ClF3N7O5S. The highest BCUT2D eigenvalue weighted by Crippen LogP contribution is 2.43. The Morgan fingerprint density at radius 2 is 2.02 bits per heavy atom. The van der Waals surface area contributed by atoms with E-state index in [9.17, 15) is 27.0 Å². The van der Waals surface area contributed by atoms with Crippen molar-refractivity contribution in [3.05, 3.63) is 28.9 Å². The van der Waals surface area contributed by atoms with Crippen molar-refractivity contribution >= 4 is 57.8 Å². The second-order valence-corrected chi connectivity index (χ2v) is 11.7. The number of anilines is 4. The Balaban J connectivity index is 1.63. The van der Waals surface area contributed by atoms with Gasteiger partial charge in [0.05, 0.1) is 24.5 Å². The lowest BCUT2D eigenvalue weighted by Crippen LogP contribution is -2.52. The normalized spacial score (nSPS) is 21.0. The fraction of sp³-hybridized carbons (Fsp3) is 0.520. The van der Waals surface area contributed by atoms with Crippen molar-refractivity contribution in [3.63, 3.8) is 0 Å². The number of carbonyl (C=O) groups excluding carboxylic acids is 2. The zero-order valence-electron chi connectivity index (χ0n) is 23.0. The molecule has 42 heavy (non-hydrogen) atoms. The van der Waals surface area contributed by atoms with Crippen LogP contribution in [0.3, 0.4) is 0 Å². The number of aromatic nitrogens is 2. The molecule has 2 aliphatic rings. The minimum atomic E-state index is -5.17. The molecular weight excluding hydrogens is 603 g/mol. The van der Waals surface area contributed by atoms with Crippen molar-refractivity contribution in [2.45, 2.75) is 57.3 Å². The minimum absolute atomic E-state index is 0.0534. The van der Waals surface area contributed by atoms with Gasteiger partial charge in [-0.05, 0) is 44.7 Å². The van der Waals surface area contributed by atoms with Crippen LogP contribution < -0.4 is 25.4 Å². The number of methoxy groups -OCH3 is 1. The molecule has 0 spiro atoms. The van der Waals surface area contributed by atoms with E-state index in [1.807, 2.05) is 0 Å². The predicted molar refractivity (Wildman–Crippen MR) is 151 cm³/mol. The SMILES string of the molecule is COc1cc2c(cc1Nc1ncc(Cl)c(N[C@@H]3CCCC[C@@H]3CNS(=O)O)n1)NC(=O)CN(C(=O)C(F)(F)F)C2(C)C. The maximum Gasteiger partial charge on any atom is 0.471 e. The first-order valence-corrected chi connectivity index (χ1v) is 14.5. The molecule has 1 aliphatic carbocycles. The van der Waals surface area contributed by atoms with Gasteiger partial charge >= 0.3 is 12.1 Å². The van der Waals surface area contributed by atoms with Gasteiger partial charge in [0.15, 0.2) is 5.82 Å². The van der Waals surface area contributed by atoms with Gasteiger partial charge in [0.25, 0.3) is 0 Å². The van der Waals surface area contributed by atoms with Crippen LogP contribution in [0.1, 0.15) is 45.1 Å². The Hall–Kier alpha value is -3.21. The number of carbonyl (C=O) groups is 2. The summed E-state index contributed by atoms with van der Waals surface area (Å²) in [5.41, 5.74) is -0.832. The number of fused-ring (bicyclic) bond motifs is 1. The average molecular weight is 634 g/mol. The number of alkyl halides is 3. The fourth-order valence-electron chi connectivity index (χ4n) is 5.26. The first kappa shape index (κ1) is 31.7. The lowest BCUT2D eigenvalue weighted by Gasteiger charge is -2.37. The van der Waals surface area contributed by atoms with E-state index >= 15 is 0 Å². The maximum atomic E-state index is 13.4. The smallest absolute Gasteiger partial charge is 0.471 e. The van der Waals surface area contributed by atoms with Crippen molar-refractivity contribution in [3.8, 4) is 5.75 Å². The van der Waals surface area contributed by atoms with Crippen LogP contribution in [-0.2, 0) is 26.4 Å². The van der Waals surface area contributed by atoms with Gasteiger partial charge in [-0.2, -0.15) is 18.2 Å². The Kier molecular flexibility index (Phi) is 9.49. The van der Waals surface area contributed by atoms with E-state index in [1.54, 1.807) is 0 Å². The summed E-state index contributed by atoms with van der Waals surface area (Å²) in [5.74, 6) is -2.24. The number of hydrogen-bond acceptors (Lipinski definition) is 8. The molecule has 3 atom stereocenters. The molecule has 1 aromatic heterocycles. The third-order valence-corrected chi connectivity index (χ3v) is 8.12. The van der Waals surface area contributed by atoms with Gasteiger partial charge < -0.3 is 25.6 Å². The molecule has 2 aromatic rings. The molecule has 0 saturated heterocycles. The monoisotopic (exact) mass is 633 g/mol. The van der Waals surface area contributed by atoms with E-state index in [0.717, 1.165) is 25.7 Å². The molecule has 17 heteroatoms. The first-order valence-electron chi connectivity index (χ1n) is 13.0. The summed E-state index contributed by atoms with van der Waals surface area (Å²) in [6, 6.07) is 2.84. The second-order valence-electron chi connectivity index (χ2n) is 10.5. The van der Waals surface area contributed by atoms with E-state index in [1.165, 1.54) is 39.3 Å². The number of nitrogens with one attached hydrogen (secondary N) is 4. The lowest BCUT2D eigenvalue weighted by molar-refractivity contribution is -0.191. The molecule has 1 fully saturated rings. The van der Waals surface area contributed by atoms with E-state index < -0.39 is 41.3 Å². The maximum absolute atomic E-state index is 13.4. The highest BCUT2D eigenvalue weighted by atomic mass is 35.5. The van der Waals surface area contributed by atoms with Crippen LogP contribution in [0.15, 0.2) is 18.3 Å². The number of ether oxygens (including phenoxy) is 1. The van der Waals surface area contributed by atoms with Crippen molar-refractivity contribution in [1.29, 1.82) is 0 Å². The van der Waals surface area contributed by atoms with Crippen LogP contribution in [0.5, 0.6) is 5.75 Å². The summed E-state index contributed by atoms with van der Waals surface area (Å²) in [6.45, 7) is 2.35. The second kappa shape index (κ2) is 12.6. The van der Waals surface area contributed by atoms with Crippen molar-refractivity contribution in [2.24, 2.45) is 5.92 Å². The third-order valence-electron chi connectivity index (χ3n) is 7.43. The van der Waals surface area contributed by atoms with Crippen LogP contribution in [0.4, 0.5) is 36.3 Å². The fourth-order valence-corrected chi connectivity index (χ4v) is 5.76. The summed E-state index contributed by atoms with van der Waals surface area (Å²) >= 11 is 4.25. The van der Waals surface area contributed by atoms with Gasteiger partial charge in [-0.1, -0.05) is 24.4 Å². The first-order chi connectivity index (χ1) is 19.7. The van der Waals surface area contributed by atoms with Gasteiger partial charge in [-0.25, -0.2) is 13.9 Å². The molecule has 1 aromatic carbocycles. The highest BCUT2D eigenvalue weighted by molar-refractivity contribution is 7.77. The van der Waals surface area contributed by atoms with Gasteiger partial charge in [0, 0.05) is 23.8 Å². The van der Waals surface area contributed by atoms with Gasteiger partial charge in [-0.15, -0.1) is 0 Å². The standard InChI is InChI=1S/C25H31ClF3N7O5S/c1-24(2)14-8-19(41-3)18(9-17(14)32-20(37)12-36(24)22(38)25(27,28)29)34-23-30-11-15(26)21(35-23)33-16-7-5-4-6-13(16)10-31-42(39)40/h8-9,11,13,16,31H,4-7,10,12H2,1-3H3,(H,32,37)(H,39,40)(H2,30,33,34,35)/t13-,16-/m1/s1. The van der Waals surface area contributed by atoms with Gasteiger partial charge in [0.1, 0.15) is 17.3 Å². The van der Waals surface area contributed by atoms with Crippen LogP contribution >= 0.6 is 11.6 Å². The minimum Gasteiger partial charge on any atom is -0.495 e. The van der Waals surface area contributed by atoms with E-state index in [4.69, 9.17) is 20.9 Å². The Morgan fingerprint density at radius 3 is 2.69 bits per heavy atom. The molecule has 230 valence electrons. The summed E-state index contributed by atoms with van der Waals surface area (Å²) in [5, 5.41) is 9.15. The molecule has 0 radical (unpaired) electrons. The van der Waals surface area contributed by atoms with E-state index in [0.29, 0.717) is 22.9 Å². The lowest BCUT2D eigenvalue weighted by atomic mass is 9.84. The van der Waals surface area contributed by atoms with Crippen molar-refractivity contribution < 1.29 is 36.3 Å². The molecule has 12 nitrogen and oxygen atoms in total. The molecule has 0 bridgehead atoms. The number of benzene rings is 1. The van der Waals surface area contributed by atoms with E-state index in [2.05, 4.69) is 30.6 Å². The topological polar surface area (TPSA) is 158 Å². The predicted octanol–water partition coefficient (Wildman–Crippen LogP) is 4.16. The Morgan fingerprint density at radius 1 is 1.31 bits per heavy atom. The number of halogens is 4. The summed E-state index contributed by atoms with van der Waals surface area (Å²) in [4.78, 5) is 34.0. The molecule has 1 aliphatic heterocycles. The quantitative estimate of drug-likeness (QED) is 0.269. The number of hydrogen-bond donors (Lipinski definition) is 5. The van der Waals surface area contributed by atoms with Crippen molar-refractivity contribution in [1.82, 2.24) is 19.6 Å². The average Bonchev–Trinajstić information content (AvgIpc) is 3.01. The molecule has 4 rings (SSSR count). The molecule has 2 amide bonds. The summed E-state index contributed by atoms with van der Waals surface area (Å²) in [6.07, 6.45) is -0.187. The zero-order chi connectivity index (χ0) is 30.8. The van der Waals surface area contributed by atoms with E-state index in [-0.39, 0.29) is 39.9 Å². The number of rotatable bonds is 8. The largest absolute Gasteiger partial charge is 0.495 e. The van der Waals surface area contributed by atoms with Crippen LogP contribution in [0.25, 0.3) is 0 Å². The number of nitrogens with zero attached hydrogens (tertiary/aromatic N) is 3. The van der Waals surface area contributed by atoms with Gasteiger partial charge in [-0.3, -0.25) is 14.1 Å². The Bertz CT molecular complexity index is 1380. The van der Waals surface area contributed by atoms with Crippen LogP contribution in [-0.4, -0.2) is 67.9 Å². The highest BCUT2D eigenvalue weighted by Gasteiger charge is 2.49. The molecule has 5 N–H and O–H groups in total.